The van der Waals surface area contributed by atoms with Gasteiger partial charge in [-0.3, -0.25) is 10.1 Å². The summed E-state index contributed by atoms with van der Waals surface area (Å²) < 4.78 is 10.7. The Morgan fingerprint density at radius 3 is 2.71 bits per heavy atom. The van der Waals surface area contributed by atoms with Gasteiger partial charge in [-0.1, -0.05) is 0 Å². The summed E-state index contributed by atoms with van der Waals surface area (Å²) in [6.07, 6.45) is 0. The van der Waals surface area contributed by atoms with Crippen LogP contribution in [0.2, 0.25) is 0 Å². The fourth-order valence-corrected chi connectivity index (χ4v) is 2.05. The van der Waals surface area contributed by atoms with Crippen molar-refractivity contribution in [2.24, 2.45) is 0 Å². The molecule has 0 atom stereocenters. The topological polar surface area (TPSA) is 73.6 Å². The van der Waals surface area contributed by atoms with Crippen molar-refractivity contribution >= 4 is 5.69 Å². The maximum Gasteiger partial charge on any atom is 0.315 e. The van der Waals surface area contributed by atoms with E-state index in [1.165, 1.54) is 0 Å². The molecule has 3 rings (SSSR count). The highest BCUT2D eigenvalue weighted by Crippen LogP contribution is 2.42. The summed E-state index contributed by atoms with van der Waals surface area (Å²) >= 11 is 0. The standard InChI is InChI=1S/C11H12N2O4/c14-13(15)9-3-7(8-5-12-6-8)4-10-11(9)17-2-1-16-10/h3-4,8,12H,1-2,5-6H2. The Balaban J connectivity index is 2.07. The van der Waals surface area contributed by atoms with Crippen LogP contribution in [0.5, 0.6) is 11.5 Å². The first kappa shape index (κ1) is 10.3. The normalized spacial score (nSPS) is 18.6. The number of fused-ring (bicyclic) bond motifs is 1. The zero-order valence-electron chi connectivity index (χ0n) is 9.14. The lowest BCUT2D eigenvalue weighted by molar-refractivity contribution is -0.386. The van der Waals surface area contributed by atoms with Crippen molar-refractivity contribution in [1.29, 1.82) is 0 Å². The third kappa shape index (κ3) is 1.70. The van der Waals surface area contributed by atoms with Crippen LogP contribution < -0.4 is 14.8 Å². The van der Waals surface area contributed by atoms with E-state index in [1.54, 1.807) is 6.07 Å². The van der Waals surface area contributed by atoms with Gasteiger partial charge in [0.15, 0.2) is 5.75 Å². The van der Waals surface area contributed by atoms with Crippen LogP contribution in [0.1, 0.15) is 11.5 Å². The molecular weight excluding hydrogens is 224 g/mol. The van der Waals surface area contributed by atoms with Gasteiger partial charge in [0.25, 0.3) is 0 Å². The minimum Gasteiger partial charge on any atom is -0.486 e. The van der Waals surface area contributed by atoms with Crippen molar-refractivity contribution in [2.45, 2.75) is 5.92 Å². The van der Waals surface area contributed by atoms with Crippen LogP contribution in [0.4, 0.5) is 5.69 Å². The molecule has 0 unspecified atom stereocenters. The average molecular weight is 236 g/mol. The van der Waals surface area contributed by atoms with Gasteiger partial charge in [-0.25, -0.2) is 0 Å². The Bertz CT molecular complexity index is 471. The molecule has 0 aliphatic carbocycles. The number of nitrogens with one attached hydrogen (secondary N) is 1. The van der Waals surface area contributed by atoms with Crippen molar-refractivity contribution in [3.8, 4) is 11.5 Å². The van der Waals surface area contributed by atoms with Gasteiger partial charge >= 0.3 is 5.69 Å². The predicted molar refractivity (Wildman–Crippen MR) is 59.7 cm³/mol. The van der Waals surface area contributed by atoms with E-state index in [9.17, 15) is 10.1 Å². The Hall–Kier alpha value is -1.82. The van der Waals surface area contributed by atoms with Crippen molar-refractivity contribution < 1.29 is 14.4 Å². The zero-order chi connectivity index (χ0) is 11.8. The minimum atomic E-state index is -0.414. The highest BCUT2D eigenvalue weighted by Gasteiger charge is 2.29. The zero-order valence-corrected chi connectivity index (χ0v) is 9.14. The van der Waals surface area contributed by atoms with Gasteiger partial charge in [0.2, 0.25) is 5.75 Å². The van der Waals surface area contributed by atoms with E-state index >= 15 is 0 Å². The molecule has 17 heavy (non-hydrogen) atoms. The van der Waals surface area contributed by atoms with Gasteiger partial charge in [-0.2, -0.15) is 0 Å². The molecule has 0 amide bonds. The Kier molecular flexibility index (Phi) is 2.36. The third-order valence-electron chi connectivity index (χ3n) is 3.09. The molecule has 2 aliphatic heterocycles. The SMILES string of the molecule is O=[N+]([O-])c1cc(C2CNC2)cc2c1OCCO2. The molecule has 1 aromatic rings. The molecule has 0 bridgehead atoms. The molecule has 0 radical (unpaired) electrons. The summed E-state index contributed by atoms with van der Waals surface area (Å²) in [6, 6.07) is 3.45. The molecule has 0 saturated carbocycles. The summed E-state index contributed by atoms with van der Waals surface area (Å²) in [5, 5.41) is 14.2. The second-order valence-electron chi connectivity index (χ2n) is 4.18. The van der Waals surface area contributed by atoms with Gasteiger partial charge in [-0.15, -0.1) is 0 Å². The van der Waals surface area contributed by atoms with Crippen molar-refractivity contribution in [2.75, 3.05) is 26.3 Å². The molecule has 6 nitrogen and oxygen atoms in total. The van der Waals surface area contributed by atoms with Crippen LogP contribution >= 0.6 is 0 Å². The summed E-state index contributed by atoms with van der Waals surface area (Å²) in [7, 11) is 0. The first-order valence-electron chi connectivity index (χ1n) is 5.54. The summed E-state index contributed by atoms with van der Waals surface area (Å²) in [4.78, 5) is 10.6. The maximum atomic E-state index is 11.0. The molecular formula is C11H12N2O4. The monoisotopic (exact) mass is 236 g/mol. The second-order valence-corrected chi connectivity index (χ2v) is 4.18. The molecule has 2 aliphatic rings. The van der Waals surface area contributed by atoms with Crippen LogP contribution in [-0.2, 0) is 0 Å². The number of nitro groups is 1. The number of rotatable bonds is 2. The molecule has 2 heterocycles. The third-order valence-corrected chi connectivity index (χ3v) is 3.09. The first-order valence-corrected chi connectivity index (χ1v) is 5.54. The fraction of sp³-hybridized carbons (Fsp3) is 0.455. The van der Waals surface area contributed by atoms with Crippen LogP contribution in [0.3, 0.4) is 0 Å². The maximum absolute atomic E-state index is 11.0. The van der Waals surface area contributed by atoms with Crippen molar-refractivity contribution in [3.63, 3.8) is 0 Å². The first-order chi connectivity index (χ1) is 8.25. The molecule has 90 valence electrons. The van der Waals surface area contributed by atoms with E-state index in [0.717, 1.165) is 18.7 Å². The summed E-state index contributed by atoms with van der Waals surface area (Å²) in [5.41, 5.74) is 0.948. The number of benzene rings is 1. The predicted octanol–water partition coefficient (Wildman–Crippen LogP) is 1.05. The van der Waals surface area contributed by atoms with E-state index < -0.39 is 4.92 Å². The number of nitro benzene ring substituents is 1. The lowest BCUT2D eigenvalue weighted by atomic mass is 9.93. The quantitative estimate of drug-likeness (QED) is 0.613. The second kappa shape index (κ2) is 3.89. The number of nitrogens with zero attached hydrogens (tertiary/aromatic N) is 1. The molecule has 1 saturated heterocycles. The van der Waals surface area contributed by atoms with Gasteiger partial charge in [0.05, 0.1) is 4.92 Å². The number of hydrogen-bond donors (Lipinski definition) is 1. The average Bonchev–Trinajstić information content (AvgIpc) is 2.25. The highest BCUT2D eigenvalue weighted by molar-refractivity contribution is 5.59. The lowest BCUT2D eigenvalue weighted by Crippen LogP contribution is -2.39. The Morgan fingerprint density at radius 2 is 2.06 bits per heavy atom. The van der Waals surface area contributed by atoms with Crippen LogP contribution in [0.15, 0.2) is 12.1 Å². The van der Waals surface area contributed by atoms with Crippen molar-refractivity contribution in [1.82, 2.24) is 5.32 Å². The van der Waals surface area contributed by atoms with E-state index in [2.05, 4.69) is 5.32 Å². The summed E-state index contributed by atoms with van der Waals surface area (Å²) in [6.45, 7) is 2.52. The van der Waals surface area contributed by atoms with Gasteiger partial charge in [0.1, 0.15) is 13.2 Å². The molecule has 0 spiro atoms. The largest absolute Gasteiger partial charge is 0.486 e. The molecule has 1 fully saturated rings. The van der Waals surface area contributed by atoms with Gasteiger partial charge in [0, 0.05) is 25.1 Å². The molecule has 6 heteroatoms. The fourth-order valence-electron chi connectivity index (χ4n) is 2.05. The van der Waals surface area contributed by atoms with Crippen LogP contribution in [0.25, 0.3) is 0 Å². The van der Waals surface area contributed by atoms with Gasteiger partial charge < -0.3 is 14.8 Å². The van der Waals surface area contributed by atoms with E-state index in [0.29, 0.717) is 24.9 Å². The van der Waals surface area contributed by atoms with E-state index in [1.807, 2.05) is 6.07 Å². The smallest absolute Gasteiger partial charge is 0.315 e. The van der Waals surface area contributed by atoms with Crippen LogP contribution in [0, 0.1) is 10.1 Å². The van der Waals surface area contributed by atoms with E-state index in [-0.39, 0.29) is 11.4 Å². The number of hydrogen-bond acceptors (Lipinski definition) is 5. The summed E-state index contributed by atoms with van der Waals surface area (Å²) in [5.74, 6) is 1.09. The molecule has 1 N–H and O–H groups in total. The molecule has 1 aromatic carbocycles. The Labute approximate surface area is 97.7 Å². The van der Waals surface area contributed by atoms with Gasteiger partial charge in [-0.05, 0) is 11.6 Å². The van der Waals surface area contributed by atoms with Crippen molar-refractivity contribution in [3.05, 3.63) is 27.8 Å². The molecule has 0 aromatic heterocycles. The van der Waals surface area contributed by atoms with E-state index in [4.69, 9.17) is 9.47 Å². The minimum absolute atomic E-state index is 0.00380. The highest BCUT2D eigenvalue weighted by atomic mass is 16.6. The Morgan fingerprint density at radius 1 is 1.29 bits per heavy atom. The van der Waals surface area contributed by atoms with Crippen LogP contribution in [-0.4, -0.2) is 31.2 Å². The lowest BCUT2D eigenvalue weighted by Gasteiger charge is -2.28. The number of ether oxygens (including phenoxy) is 2.